The van der Waals surface area contributed by atoms with Gasteiger partial charge in [0.25, 0.3) is 5.91 Å². The molecule has 1 aromatic carbocycles. The van der Waals surface area contributed by atoms with E-state index in [1.165, 1.54) is 0 Å². The minimum absolute atomic E-state index is 0.0715. The van der Waals surface area contributed by atoms with E-state index < -0.39 is 5.60 Å². The molecule has 4 heteroatoms. The van der Waals surface area contributed by atoms with Crippen LogP contribution in [0.15, 0.2) is 24.3 Å². The Morgan fingerprint density at radius 2 is 2.12 bits per heavy atom. The molecule has 17 heavy (non-hydrogen) atoms. The van der Waals surface area contributed by atoms with Crippen LogP contribution in [0.5, 0.6) is 0 Å². The van der Waals surface area contributed by atoms with Gasteiger partial charge in [0, 0.05) is 10.6 Å². The Balaban J connectivity index is 2.05. The van der Waals surface area contributed by atoms with Gasteiger partial charge in [-0.25, -0.2) is 0 Å². The maximum atomic E-state index is 12.0. The van der Waals surface area contributed by atoms with Crippen molar-refractivity contribution in [3.05, 3.63) is 34.9 Å². The van der Waals surface area contributed by atoms with Gasteiger partial charge in [0.15, 0.2) is 0 Å². The van der Waals surface area contributed by atoms with E-state index >= 15 is 0 Å². The number of nitrogens with zero attached hydrogens (tertiary/aromatic N) is 1. The molecule has 1 amide bonds. The molecule has 0 aromatic heterocycles. The van der Waals surface area contributed by atoms with Gasteiger partial charge >= 0.3 is 0 Å². The summed E-state index contributed by atoms with van der Waals surface area (Å²) in [6, 6.07) is 6.88. The predicted molar refractivity (Wildman–Crippen MR) is 67.1 cm³/mol. The second kappa shape index (κ2) is 4.31. The van der Waals surface area contributed by atoms with Crippen LogP contribution in [0.3, 0.4) is 0 Å². The summed E-state index contributed by atoms with van der Waals surface area (Å²) in [5.74, 6) is 0.0868. The molecule has 1 fully saturated rings. The highest BCUT2D eigenvalue weighted by atomic mass is 35.5. The minimum atomic E-state index is -0.728. The average molecular weight is 254 g/mol. The molecule has 0 atom stereocenters. The molecule has 0 bridgehead atoms. The van der Waals surface area contributed by atoms with Crippen LogP contribution >= 0.6 is 11.6 Å². The summed E-state index contributed by atoms with van der Waals surface area (Å²) >= 11 is 5.84. The van der Waals surface area contributed by atoms with Crippen molar-refractivity contribution in [1.82, 2.24) is 4.90 Å². The van der Waals surface area contributed by atoms with Gasteiger partial charge in [-0.15, -0.1) is 0 Å². The van der Waals surface area contributed by atoms with Gasteiger partial charge in [-0.3, -0.25) is 4.79 Å². The Morgan fingerprint density at radius 1 is 1.47 bits per heavy atom. The van der Waals surface area contributed by atoms with Gasteiger partial charge in [-0.05, 0) is 24.1 Å². The zero-order chi connectivity index (χ0) is 12.6. The predicted octanol–water partition coefficient (Wildman–Crippen LogP) is 2.18. The Hall–Kier alpha value is -1.06. The van der Waals surface area contributed by atoms with Crippen LogP contribution in [-0.2, 0) is 0 Å². The monoisotopic (exact) mass is 253 g/mol. The molecule has 0 aliphatic carbocycles. The van der Waals surface area contributed by atoms with Crippen molar-refractivity contribution >= 4 is 17.5 Å². The SMILES string of the molecule is CC(C)C1(O)CN(C(=O)c2cccc(Cl)c2)C1. The Labute approximate surface area is 106 Å². The van der Waals surface area contributed by atoms with E-state index in [1.54, 1.807) is 29.2 Å². The summed E-state index contributed by atoms with van der Waals surface area (Å²) in [5.41, 5.74) is -0.155. The summed E-state index contributed by atoms with van der Waals surface area (Å²) in [6.45, 7) is 4.72. The first-order chi connectivity index (χ1) is 7.92. The lowest BCUT2D eigenvalue weighted by Gasteiger charge is -2.49. The topological polar surface area (TPSA) is 40.5 Å². The molecule has 1 heterocycles. The molecule has 92 valence electrons. The number of hydrogen-bond donors (Lipinski definition) is 1. The van der Waals surface area contributed by atoms with E-state index in [4.69, 9.17) is 11.6 Å². The van der Waals surface area contributed by atoms with Crippen molar-refractivity contribution in [2.75, 3.05) is 13.1 Å². The first kappa shape index (κ1) is 12.4. The molecule has 1 aromatic rings. The first-order valence-corrected chi connectivity index (χ1v) is 6.07. The fourth-order valence-electron chi connectivity index (χ4n) is 1.93. The Morgan fingerprint density at radius 3 is 2.65 bits per heavy atom. The van der Waals surface area contributed by atoms with Gasteiger partial charge in [-0.1, -0.05) is 31.5 Å². The van der Waals surface area contributed by atoms with E-state index in [0.29, 0.717) is 23.7 Å². The first-order valence-electron chi connectivity index (χ1n) is 5.69. The highest BCUT2D eigenvalue weighted by Gasteiger charge is 2.45. The zero-order valence-corrected chi connectivity index (χ0v) is 10.7. The van der Waals surface area contributed by atoms with Crippen molar-refractivity contribution in [2.24, 2.45) is 5.92 Å². The van der Waals surface area contributed by atoms with E-state index in [0.717, 1.165) is 0 Å². The largest absolute Gasteiger partial charge is 0.386 e. The maximum absolute atomic E-state index is 12.0. The van der Waals surface area contributed by atoms with E-state index in [1.807, 2.05) is 13.8 Å². The molecule has 3 nitrogen and oxygen atoms in total. The summed E-state index contributed by atoms with van der Waals surface area (Å²) in [6.07, 6.45) is 0. The summed E-state index contributed by atoms with van der Waals surface area (Å²) < 4.78 is 0. The Bertz CT molecular complexity index is 439. The molecular weight excluding hydrogens is 238 g/mol. The van der Waals surface area contributed by atoms with Gasteiger partial charge in [0.05, 0.1) is 13.1 Å². The number of rotatable bonds is 2. The molecule has 0 unspecified atom stereocenters. The van der Waals surface area contributed by atoms with Crippen molar-refractivity contribution in [1.29, 1.82) is 0 Å². The van der Waals surface area contributed by atoms with Crippen LogP contribution < -0.4 is 0 Å². The fourth-order valence-corrected chi connectivity index (χ4v) is 2.12. The number of benzene rings is 1. The fraction of sp³-hybridized carbons (Fsp3) is 0.462. The summed E-state index contributed by atoms with van der Waals surface area (Å²) in [4.78, 5) is 13.7. The quantitative estimate of drug-likeness (QED) is 0.878. The lowest BCUT2D eigenvalue weighted by atomic mass is 9.82. The van der Waals surface area contributed by atoms with Crippen LogP contribution in [0, 0.1) is 5.92 Å². The normalized spacial score (nSPS) is 18.1. The molecule has 1 aliphatic rings. The third kappa shape index (κ3) is 2.31. The number of hydrogen-bond acceptors (Lipinski definition) is 2. The van der Waals surface area contributed by atoms with Crippen LogP contribution in [0.25, 0.3) is 0 Å². The molecule has 1 saturated heterocycles. The second-order valence-electron chi connectivity index (χ2n) is 4.93. The number of aliphatic hydroxyl groups is 1. The molecule has 1 N–H and O–H groups in total. The Kier molecular flexibility index (Phi) is 3.15. The van der Waals surface area contributed by atoms with Gasteiger partial charge < -0.3 is 10.0 Å². The van der Waals surface area contributed by atoms with Crippen molar-refractivity contribution in [3.63, 3.8) is 0 Å². The molecule has 1 aliphatic heterocycles. The lowest BCUT2D eigenvalue weighted by molar-refractivity contribution is -0.110. The van der Waals surface area contributed by atoms with Gasteiger partial charge in [-0.2, -0.15) is 0 Å². The van der Waals surface area contributed by atoms with Crippen LogP contribution in [-0.4, -0.2) is 34.6 Å². The lowest BCUT2D eigenvalue weighted by Crippen LogP contribution is -2.65. The number of β-amino-alcohol motifs (C(OH)–C–C–N with tert-alkyl or cyclic N) is 1. The third-order valence-electron chi connectivity index (χ3n) is 3.36. The number of amides is 1. The van der Waals surface area contributed by atoms with E-state index in [2.05, 4.69) is 0 Å². The summed E-state index contributed by atoms with van der Waals surface area (Å²) in [5, 5.41) is 10.6. The van der Waals surface area contributed by atoms with Crippen molar-refractivity contribution < 1.29 is 9.90 Å². The van der Waals surface area contributed by atoms with Gasteiger partial charge in [0.2, 0.25) is 0 Å². The highest BCUT2D eigenvalue weighted by molar-refractivity contribution is 6.30. The number of carbonyl (C=O) groups is 1. The van der Waals surface area contributed by atoms with Gasteiger partial charge in [0.1, 0.15) is 5.60 Å². The molecule has 0 radical (unpaired) electrons. The summed E-state index contributed by atoms with van der Waals surface area (Å²) in [7, 11) is 0. The molecular formula is C13H16ClNO2. The third-order valence-corrected chi connectivity index (χ3v) is 3.60. The minimum Gasteiger partial charge on any atom is -0.386 e. The van der Waals surface area contributed by atoms with Crippen LogP contribution in [0.4, 0.5) is 0 Å². The van der Waals surface area contributed by atoms with E-state index in [9.17, 15) is 9.90 Å². The smallest absolute Gasteiger partial charge is 0.254 e. The molecule has 0 saturated carbocycles. The van der Waals surface area contributed by atoms with E-state index in [-0.39, 0.29) is 11.8 Å². The van der Waals surface area contributed by atoms with Crippen LogP contribution in [0.1, 0.15) is 24.2 Å². The number of likely N-dealkylation sites (tertiary alicyclic amines) is 1. The number of carbonyl (C=O) groups excluding carboxylic acids is 1. The number of halogens is 1. The van der Waals surface area contributed by atoms with Crippen LogP contribution in [0.2, 0.25) is 5.02 Å². The second-order valence-corrected chi connectivity index (χ2v) is 5.37. The standard InChI is InChI=1S/C13H16ClNO2/c1-9(2)13(17)7-15(8-13)12(16)10-4-3-5-11(14)6-10/h3-6,9,17H,7-8H2,1-2H3. The van der Waals surface area contributed by atoms with Crippen molar-refractivity contribution in [3.8, 4) is 0 Å². The van der Waals surface area contributed by atoms with Crippen molar-refractivity contribution in [2.45, 2.75) is 19.4 Å². The zero-order valence-electron chi connectivity index (χ0n) is 9.98. The average Bonchev–Trinajstić information content (AvgIpc) is 2.23. The molecule has 2 rings (SSSR count). The maximum Gasteiger partial charge on any atom is 0.254 e. The molecule has 0 spiro atoms. The highest BCUT2D eigenvalue weighted by Crippen LogP contribution is 2.29.